The van der Waals surface area contributed by atoms with Crippen LogP contribution in [0.2, 0.25) is 4.34 Å². The molecule has 1 N–H and O–H groups in total. The summed E-state index contributed by atoms with van der Waals surface area (Å²) in [6.45, 7) is 0. The third-order valence-corrected chi connectivity index (χ3v) is 4.23. The average Bonchev–Trinajstić information content (AvgIpc) is 3.09. The lowest BCUT2D eigenvalue weighted by Crippen LogP contribution is -2.11. The van der Waals surface area contributed by atoms with Crippen LogP contribution in [0.15, 0.2) is 53.1 Å². The summed E-state index contributed by atoms with van der Waals surface area (Å²) >= 11 is 7.33. The van der Waals surface area contributed by atoms with Crippen LogP contribution >= 0.6 is 22.9 Å². The lowest BCUT2D eigenvalue weighted by molar-refractivity contribution is 0.499. The molecule has 0 saturated carbocycles. The number of benzene rings is 1. The van der Waals surface area contributed by atoms with Gasteiger partial charge in [0.05, 0.1) is 16.3 Å². The molecule has 0 bridgehead atoms. The quantitative estimate of drug-likeness (QED) is 0.687. The maximum atomic E-state index is 13.8. The molecule has 21 heavy (non-hydrogen) atoms. The predicted molar refractivity (Wildman–Crippen MR) is 79.9 cm³/mol. The van der Waals surface area contributed by atoms with Gasteiger partial charge in [0, 0.05) is 10.9 Å². The Balaban J connectivity index is 1.96. The lowest BCUT2D eigenvalue weighted by atomic mass is 10.1. The van der Waals surface area contributed by atoms with Crippen LogP contribution in [-0.2, 0) is 0 Å². The molecule has 0 aliphatic heterocycles. The first-order valence-corrected chi connectivity index (χ1v) is 7.33. The van der Waals surface area contributed by atoms with E-state index in [4.69, 9.17) is 16.0 Å². The van der Waals surface area contributed by atoms with E-state index in [1.807, 2.05) is 6.07 Å². The molecule has 108 valence electrons. The largest absolute Gasteiger partial charge is 0.467 e. The second-order valence-corrected chi connectivity index (χ2v) is 6.11. The highest BCUT2D eigenvalue weighted by molar-refractivity contribution is 7.16. The van der Waals surface area contributed by atoms with E-state index in [1.165, 1.54) is 23.5 Å². The van der Waals surface area contributed by atoms with Gasteiger partial charge in [-0.25, -0.2) is 8.78 Å². The molecule has 1 atom stereocenters. The predicted octanol–water partition coefficient (Wildman–Crippen LogP) is 5.47. The highest BCUT2D eigenvalue weighted by Crippen LogP contribution is 2.34. The number of furan rings is 1. The van der Waals surface area contributed by atoms with Crippen LogP contribution in [0.3, 0.4) is 0 Å². The maximum Gasteiger partial charge on any atom is 0.149 e. The molecular formula is C15H10ClF2NOS. The van der Waals surface area contributed by atoms with Gasteiger partial charge in [0.15, 0.2) is 0 Å². The molecule has 2 aromatic heterocycles. The van der Waals surface area contributed by atoms with Crippen LogP contribution in [0.4, 0.5) is 14.5 Å². The number of rotatable bonds is 4. The van der Waals surface area contributed by atoms with Gasteiger partial charge in [0.25, 0.3) is 0 Å². The first-order valence-electron chi connectivity index (χ1n) is 6.14. The molecule has 0 radical (unpaired) electrons. The second-order valence-electron chi connectivity index (χ2n) is 4.36. The normalized spacial score (nSPS) is 12.3. The topological polar surface area (TPSA) is 25.2 Å². The smallest absolute Gasteiger partial charge is 0.149 e. The minimum Gasteiger partial charge on any atom is -0.467 e. The zero-order valence-corrected chi connectivity index (χ0v) is 12.2. The van der Waals surface area contributed by atoms with Gasteiger partial charge in [-0.1, -0.05) is 11.6 Å². The van der Waals surface area contributed by atoms with Crippen LogP contribution in [0.25, 0.3) is 0 Å². The molecule has 0 spiro atoms. The molecule has 0 saturated heterocycles. The van der Waals surface area contributed by atoms with Crippen molar-refractivity contribution in [2.45, 2.75) is 6.04 Å². The first kappa shape index (κ1) is 14.1. The number of hydrogen-bond acceptors (Lipinski definition) is 3. The van der Waals surface area contributed by atoms with E-state index < -0.39 is 17.7 Å². The van der Waals surface area contributed by atoms with Gasteiger partial charge in [-0.05, 0) is 36.4 Å². The molecule has 3 rings (SSSR count). The van der Waals surface area contributed by atoms with E-state index in [2.05, 4.69) is 5.32 Å². The molecule has 3 aromatic rings. The van der Waals surface area contributed by atoms with Crippen molar-refractivity contribution in [1.29, 1.82) is 0 Å². The molecule has 2 heterocycles. The van der Waals surface area contributed by atoms with Gasteiger partial charge in [0.2, 0.25) is 0 Å². The van der Waals surface area contributed by atoms with Crippen molar-refractivity contribution in [2.24, 2.45) is 0 Å². The Morgan fingerprint density at radius 1 is 1.14 bits per heavy atom. The van der Waals surface area contributed by atoms with E-state index in [1.54, 1.807) is 24.5 Å². The summed E-state index contributed by atoms with van der Waals surface area (Å²) in [6, 6.07) is 10.1. The fourth-order valence-electron chi connectivity index (χ4n) is 1.98. The summed E-state index contributed by atoms with van der Waals surface area (Å²) in [6.07, 6.45) is 1.54. The minimum atomic E-state index is -0.658. The molecule has 1 aromatic carbocycles. The summed E-state index contributed by atoms with van der Waals surface area (Å²) in [7, 11) is 0. The summed E-state index contributed by atoms with van der Waals surface area (Å²) in [5, 5.41) is 3.02. The van der Waals surface area contributed by atoms with E-state index in [0.29, 0.717) is 10.1 Å². The van der Waals surface area contributed by atoms with Crippen molar-refractivity contribution >= 4 is 28.6 Å². The molecule has 0 amide bonds. The Morgan fingerprint density at radius 3 is 2.62 bits per heavy atom. The second kappa shape index (κ2) is 5.87. The van der Waals surface area contributed by atoms with E-state index >= 15 is 0 Å². The molecular weight excluding hydrogens is 316 g/mol. The first-order chi connectivity index (χ1) is 10.1. The Bertz CT molecular complexity index is 742. The monoisotopic (exact) mass is 325 g/mol. The molecule has 2 nitrogen and oxygen atoms in total. The molecule has 1 unspecified atom stereocenters. The lowest BCUT2D eigenvalue weighted by Gasteiger charge is -2.17. The summed E-state index contributed by atoms with van der Waals surface area (Å²) in [5.41, 5.74) is 0.197. The maximum absolute atomic E-state index is 13.8. The van der Waals surface area contributed by atoms with Crippen LogP contribution in [-0.4, -0.2) is 0 Å². The summed E-state index contributed by atoms with van der Waals surface area (Å²) < 4.78 is 32.8. The number of nitrogens with one attached hydrogen (secondary N) is 1. The fourth-order valence-corrected chi connectivity index (χ4v) is 3.10. The Kier molecular flexibility index (Phi) is 3.94. The van der Waals surface area contributed by atoms with Crippen molar-refractivity contribution in [2.75, 3.05) is 5.32 Å². The minimum absolute atomic E-state index is 0.197. The summed E-state index contributed by atoms with van der Waals surface area (Å²) in [5.74, 6) is -0.654. The number of thiophene rings is 1. The Hall–Kier alpha value is -1.85. The van der Waals surface area contributed by atoms with E-state index in [-0.39, 0.29) is 5.69 Å². The molecule has 6 heteroatoms. The standard InChI is InChI=1S/C15H10ClF2NOS/c16-14-6-5-13(21-14)15(12-2-1-7-20-12)19-11-4-3-9(17)8-10(11)18/h1-8,15,19H. The summed E-state index contributed by atoms with van der Waals surface area (Å²) in [4.78, 5) is 0.874. The van der Waals surface area contributed by atoms with E-state index in [0.717, 1.165) is 10.9 Å². The van der Waals surface area contributed by atoms with Crippen molar-refractivity contribution in [1.82, 2.24) is 0 Å². The third-order valence-electron chi connectivity index (χ3n) is 2.94. The molecule has 0 fully saturated rings. The highest BCUT2D eigenvalue weighted by atomic mass is 35.5. The fraction of sp³-hybridized carbons (Fsp3) is 0.0667. The zero-order valence-electron chi connectivity index (χ0n) is 10.6. The van der Waals surface area contributed by atoms with Gasteiger partial charge in [0.1, 0.15) is 23.4 Å². The SMILES string of the molecule is Fc1ccc(NC(c2ccco2)c2ccc(Cl)s2)c(F)c1. The average molecular weight is 326 g/mol. The number of halogens is 3. The van der Waals surface area contributed by atoms with Crippen molar-refractivity contribution < 1.29 is 13.2 Å². The van der Waals surface area contributed by atoms with Gasteiger partial charge < -0.3 is 9.73 Å². The molecule has 0 aliphatic carbocycles. The highest BCUT2D eigenvalue weighted by Gasteiger charge is 2.20. The van der Waals surface area contributed by atoms with Crippen LogP contribution < -0.4 is 5.32 Å². The zero-order chi connectivity index (χ0) is 14.8. The van der Waals surface area contributed by atoms with Gasteiger partial charge >= 0.3 is 0 Å². The third kappa shape index (κ3) is 3.09. The number of anilines is 1. The Morgan fingerprint density at radius 2 is 2.00 bits per heavy atom. The Labute approximate surface area is 129 Å². The molecule has 0 aliphatic rings. The van der Waals surface area contributed by atoms with Gasteiger partial charge in [-0.3, -0.25) is 0 Å². The van der Waals surface area contributed by atoms with Gasteiger partial charge in [-0.2, -0.15) is 0 Å². The van der Waals surface area contributed by atoms with E-state index in [9.17, 15) is 8.78 Å². The van der Waals surface area contributed by atoms with Gasteiger partial charge in [-0.15, -0.1) is 11.3 Å². The number of hydrogen-bond donors (Lipinski definition) is 1. The van der Waals surface area contributed by atoms with Crippen LogP contribution in [0, 0.1) is 11.6 Å². The van der Waals surface area contributed by atoms with Crippen LogP contribution in [0.5, 0.6) is 0 Å². The van der Waals surface area contributed by atoms with Crippen molar-refractivity contribution in [3.05, 3.63) is 75.3 Å². The van der Waals surface area contributed by atoms with Crippen LogP contribution in [0.1, 0.15) is 16.7 Å². The van der Waals surface area contributed by atoms with Crippen molar-refractivity contribution in [3.8, 4) is 0 Å². The van der Waals surface area contributed by atoms with Crippen molar-refractivity contribution in [3.63, 3.8) is 0 Å².